The first-order chi connectivity index (χ1) is 7.40. The summed E-state index contributed by atoms with van der Waals surface area (Å²) in [5.41, 5.74) is 2.92. The fraction of sp³-hybridized carbons (Fsp3) is 0.429. The first-order valence-corrected chi connectivity index (χ1v) is 5.85. The van der Waals surface area contributed by atoms with Crippen LogP contribution in [0.5, 0.6) is 0 Å². The van der Waals surface area contributed by atoms with Gasteiger partial charge in [0.25, 0.3) is 0 Å². The molecule has 0 unspecified atom stereocenters. The summed E-state index contributed by atoms with van der Waals surface area (Å²) in [6.07, 6.45) is 8.04. The van der Waals surface area contributed by atoms with E-state index < -0.39 is 0 Å². The molecular formula is C14H19N. The van der Waals surface area contributed by atoms with E-state index in [2.05, 4.69) is 48.7 Å². The highest BCUT2D eigenvalue weighted by atomic mass is 14.9. The van der Waals surface area contributed by atoms with Crippen LogP contribution in [0.1, 0.15) is 30.9 Å². The van der Waals surface area contributed by atoms with Gasteiger partial charge in [0.15, 0.2) is 0 Å². The van der Waals surface area contributed by atoms with Crippen LogP contribution >= 0.6 is 0 Å². The lowest BCUT2D eigenvalue weighted by Gasteiger charge is -2.14. The van der Waals surface area contributed by atoms with Crippen molar-refractivity contribution in [2.75, 3.05) is 0 Å². The topological polar surface area (TPSA) is 12.0 Å². The van der Waals surface area contributed by atoms with Gasteiger partial charge in [-0.15, -0.1) is 0 Å². The standard InChI is InChI=1S/C14H19N/c1-2-12-7-3-4-8-13(12)11-15-14-9-5-6-10-14/h3-8,14-15H,2,9-11H2,1H3. The Morgan fingerprint density at radius 2 is 1.80 bits per heavy atom. The molecule has 0 aromatic heterocycles. The van der Waals surface area contributed by atoms with E-state index in [0.29, 0.717) is 6.04 Å². The molecule has 1 N–H and O–H groups in total. The Balaban J connectivity index is 1.92. The van der Waals surface area contributed by atoms with E-state index in [1.54, 1.807) is 0 Å². The van der Waals surface area contributed by atoms with Gasteiger partial charge in [-0.2, -0.15) is 0 Å². The lowest BCUT2D eigenvalue weighted by Crippen LogP contribution is -2.26. The summed E-state index contributed by atoms with van der Waals surface area (Å²) < 4.78 is 0. The maximum atomic E-state index is 3.61. The highest BCUT2D eigenvalue weighted by Gasteiger charge is 2.09. The average Bonchev–Trinajstić information content (AvgIpc) is 2.79. The van der Waals surface area contributed by atoms with Crippen LogP contribution in [0.25, 0.3) is 0 Å². The molecule has 0 bridgehead atoms. The molecule has 0 saturated carbocycles. The van der Waals surface area contributed by atoms with Crippen molar-refractivity contribution >= 4 is 0 Å². The van der Waals surface area contributed by atoms with E-state index in [1.165, 1.54) is 24.0 Å². The molecule has 0 radical (unpaired) electrons. The van der Waals surface area contributed by atoms with Gasteiger partial charge in [0.2, 0.25) is 0 Å². The van der Waals surface area contributed by atoms with Crippen LogP contribution < -0.4 is 5.32 Å². The monoisotopic (exact) mass is 201 g/mol. The Bertz CT molecular complexity index is 333. The Labute approximate surface area is 92.2 Å². The van der Waals surface area contributed by atoms with Crippen LogP contribution in [0.3, 0.4) is 0 Å². The molecule has 15 heavy (non-hydrogen) atoms. The molecule has 0 heterocycles. The van der Waals surface area contributed by atoms with Crippen molar-refractivity contribution in [2.24, 2.45) is 0 Å². The fourth-order valence-corrected chi connectivity index (χ4v) is 2.11. The summed E-state index contributed by atoms with van der Waals surface area (Å²) in [7, 11) is 0. The lowest BCUT2D eigenvalue weighted by molar-refractivity contribution is 0.537. The van der Waals surface area contributed by atoms with Crippen molar-refractivity contribution < 1.29 is 0 Å². The number of benzene rings is 1. The molecule has 1 aliphatic rings. The number of hydrogen-bond acceptors (Lipinski definition) is 1. The predicted octanol–water partition coefficient (Wildman–Crippen LogP) is 3.06. The summed E-state index contributed by atoms with van der Waals surface area (Å²) in [6, 6.07) is 9.37. The second kappa shape index (κ2) is 5.13. The number of hydrogen-bond donors (Lipinski definition) is 1. The molecule has 2 rings (SSSR count). The fourth-order valence-electron chi connectivity index (χ4n) is 2.11. The maximum absolute atomic E-state index is 3.61. The average molecular weight is 201 g/mol. The van der Waals surface area contributed by atoms with Crippen molar-refractivity contribution in [3.05, 3.63) is 47.5 Å². The molecule has 0 atom stereocenters. The van der Waals surface area contributed by atoms with E-state index in [0.717, 1.165) is 13.0 Å². The van der Waals surface area contributed by atoms with E-state index >= 15 is 0 Å². The van der Waals surface area contributed by atoms with Crippen LogP contribution in [-0.4, -0.2) is 6.04 Å². The van der Waals surface area contributed by atoms with Crippen molar-refractivity contribution in [3.8, 4) is 0 Å². The van der Waals surface area contributed by atoms with E-state index in [9.17, 15) is 0 Å². The molecule has 0 spiro atoms. The zero-order chi connectivity index (χ0) is 10.5. The summed E-state index contributed by atoms with van der Waals surface area (Å²) in [4.78, 5) is 0. The van der Waals surface area contributed by atoms with Crippen molar-refractivity contribution in [2.45, 2.75) is 38.8 Å². The molecule has 1 nitrogen and oxygen atoms in total. The minimum absolute atomic E-state index is 0.662. The van der Waals surface area contributed by atoms with Crippen LogP contribution in [0.2, 0.25) is 0 Å². The van der Waals surface area contributed by atoms with Gasteiger partial charge in [-0.05, 0) is 30.4 Å². The number of aryl methyl sites for hydroxylation is 1. The highest BCUT2D eigenvalue weighted by molar-refractivity contribution is 5.27. The molecule has 0 amide bonds. The van der Waals surface area contributed by atoms with Gasteiger partial charge in [-0.3, -0.25) is 0 Å². The molecule has 1 heteroatoms. The Morgan fingerprint density at radius 1 is 1.13 bits per heavy atom. The minimum atomic E-state index is 0.662. The molecule has 80 valence electrons. The smallest absolute Gasteiger partial charge is 0.0211 e. The first kappa shape index (κ1) is 10.4. The molecule has 1 aromatic carbocycles. The van der Waals surface area contributed by atoms with Crippen LogP contribution in [0.4, 0.5) is 0 Å². The normalized spacial score (nSPS) is 16.1. The highest BCUT2D eigenvalue weighted by Crippen LogP contribution is 2.13. The van der Waals surface area contributed by atoms with Crippen LogP contribution in [-0.2, 0) is 13.0 Å². The Hall–Kier alpha value is -1.08. The second-order valence-electron chi connectivity index (χ2n) is 4.14. The molecule has 0 saturated heterocycles. The Morgan fingerprint density at radius 3 is 2.47 bits per heavy atom. The minimum Gasteiger partial charge on any atom is -0.309 e. The molecular weight excluding hydrogens is 182 g/mol. The second-order valence-corrected chi connectivity index (χ2v) is 4.14. The van der Waals surface area contributed by atoms with Gasteiger partial charge in [-0.25, -0.2) is 0 Å². The SMILES string of the molecule is CCc1ccccc1CNC1CC=CC1. The van der Waals surface area contributed by atoms with E-state index in [1.807, 2.05) is 0 Å². The molecule has 0 fully saturated rings. The molecule has 1 aliphatic carbocycles. The van der Waals surface area contributed by atoms with Gasteiger partial charge in [0, 0.05) is 12.6 Å². The summed E-state index contributed by atoms with van der Waals surface area (Å²) >= 11 is 0. The Kier molecular flexibility index (Phi) is 3.57. The van der Waals surface area contributed by atoms with Crippen LogP contribution in [0, 0.1) is 0 Å². The first-order valence-electron chi connectivity index (χ1n) is 5.85. The molecule has 0 aliphatic heterocycles. The van der Waals surface area contributed by atoms with Crippen molar-refractivity contribution in [1.82, 2.24) is 5.32 Å². The largest absolute Gasteiger partial charge is 0.309 e. The quantitative estimate of drug-likeness (QED) is 0.738. The van der Waals surface area contributed by atoms with Gasteiger partial charge in [-0.1, -0.05) is 43.3 Å². The predicted molar refractivity (Wildman–Crippen MR) is 64.8 cm³/mol. The maximum Gasteiger partial charge on any atom is 0.0211 e. The van der Waals surface area contributed by atoms with Gasteiger partial charge in [0.1, 0.15) is 0 Å². The third-order valence-corrected chi connectivity index (χ3v) is 3.09. The lowest BCUT2D eigenvalue weighted by atomic mass is 10.0. The molecule has 1 aromatic rings. The van der Waals surface area contributed by atoms with Crippen LogP contribution in [0.15, 0.2) is 36.4 Å². The van der Waals surface area contributed by atoms with Gasteiger partial charge in [0.05, 0.1) is 0 Å². The summed E-state index contributed by atoms with van der Waals surface area (Å²) in [5.74, 6) is 0. The summed E-state index contributed by atoms with van der Waals surface area (Å²) in [5, 5.41) is 3.61. The zero-order valence-electron chi connectivity index (χ0n) is 9.37. The van der Waals surface area contributed by atoms with E-state index in [-0.39, 0.29) is 0 Å². The summed E-state index contributed by atoms with van der Waals surface area (Å²) in [6.45, 7) is 3.23. The van der Waals surface area contributed by atoms with Crippen molar-refractivity contribution in [3.63, 3.8) is 0 Å². The van der Waals surface area contributed by atoms with Gasteiger partial charge >= 0.3 is 0 Å². The third-order valence-electron chi connectivity index (χ3n) is 3.09. The number of nitrogens with one attached hydrogen (secondary N) is 1. The number of rotatable bonds is 4. The zero-order valence-corrected chi connectivity index (χ0v) is 9.37. The third kappa shape index (κ3) is 2.69. The van der Waals surface area contributed by atoms with E-state index in [4.69, 9.17) is 0 Å². The van der Waals surface area contributed by atoms with Gasteiger partial charge < -0.3 is 5.32 Å². The van der Waals surface area contributed by atoms with Crippen molar-refractivity contribution in [1.29, 1.82) is 0 Å².